The maximum atomic E-state index is 10.5. The van der Waals surface area contributed by atoms with Gasteiger partial charge in [0.2, 0.25) is 0 Å². The van der Waals surface area contributed by atoms with E-state index in [-0.39, 0.29) is 12.3 Å². The number of non-ortho nitro benzene ring substituents is 1. The largest absolute Gasteiger partial charge is 0.399 e. The fourth-order valence-electron chi connectivity index (χ4n) is 1.58. The standard InChI is InChI=1S/C13H12N4O3/c14-10-1-6-13(9(7-10)8-18)16-15-11-2-4-12(5-3-11)17(19)20/h1-7,18H,8,14H2. The van der Waals surface area contributed by atoms with Crippen LogP contribution in [0.15, 0.2) is 52.7 Å². The van der Waals surface area contributed by atoms with Crippen molar-refractivity contribution >= 4 is 22.7 Å². The van der Waals surface area contributed by atoms with E-state index in [9.17, 15) is 15.2 Å². The van der Waals surface area contributed by atoms with E-state index in [1.807, 2.05) is 0 Å². The summed E-state index contributed by atoms with van der Waals surface area (Å²) in [5, 5.41) is 27.7. The van der Waals surface area contributed by atoms with Gasteiger partial charge >= 0.3 is 0 Å². The third-order valence-corrected chi connectivity index (χ3v) is 2.61. The van der Waals surface area contributed by atoms with Crippen molar-refractivity contribution in [1.82, 2.24) is 0 Å². The van der Waals surface area contributed by atoms with Gasteiger partial charge in [-0.05, 0) is 30.3 Å². The number of benzene rings is 2. The Bertz CT molecular complexity index is 653. The zero-order valence-corrected chi connectivity index (χ0v) is 10.4. The van der Waals surface area contributed by atoms with Crippen LogP contribution in [0.5, 0.6) is 0 Å². The molecule has 0 unspecified atom stereocenters. The molecule has 20 heavy (non-hydrogen) atoms. The molecule has 0 aliphatic rings. The number of nitro benzene ring substituents is 1. The van der Waals surface area contributed by atoms with Gasteiger partial charge in [-0.3, -0.25) is 10.1 Å². The molecule has 0 radical (unpaired) electrons. The first-order valence-electron chi connectivity index (χ1n) is 5.75. The van der Waals surface area contributed by atoms with Gasteiger partial charge in [-0.25, -0.2) is 0 Å². The Kier molecular flexibility index (Phi) is 4.02. The van der Waals surface area contributed by atoms with Crippen LogP contribution in [-0.2, 0) is 6.61 Å². The summed E-state index contributed by atoms with van der Waals surface area (Å²) in [6.45, 7) is -0.195. The van der Waals surface area contributed by atoms with Crippen molar-refractivity contribution in [1.29, 1.82) is 0 Å². The molecule has 0 heterocycles. The average molecular weight is 272 g/mol. The Hall–Kier alpha value is -2.80. The number of azo groups is 1. The van der Waals surface area contributed by atoms with Gasteiger partial charge in [0.15, 0.2) is 0 Å². The molecule has 0 saturated heterocycles. The number of anilines is 1. The number of rotatable bonds is 4. The van der Waals surface area contributed by atoms with Crippen LogP contribution >= 0.6 is 0 Å². The Balaban J connectivity index is 2.23. The lowest BCUT2D eigenvalue weighted by atomic mass is 10.2. The second kappa shape index (κ2) is 5.89. The minimum Gasteiger partial charge on any atom is -0.399 e. The number of hydrogen-bond donors (Lipinski definition) is 2. The number of hydrogen-bond acceptors (Lipinski definition) is 6. The summed E-state index contributed by atoms with van der Waals surface area (Å²) in [4.78, 5) is 10.0. The van der Waals surface area contributed by atoms with Crippen molar-refractivity contribution in [2.24, 2.45) is 10.2 Å². The number of nitrogen functional groups attached to an aromatic ring is 1. The molecule has 0 spiro atoms. The zero-order valence-electron chi connectivity index (χ0n) is 10.4. The van der Waals surface area contributed by atoms with Crippen molar-refractivity contribution in [2.45, 2.75) is 6.61 Å². The van der Waals surface area contributed by atoms with Gasteiger partial charge in [0.05, 0.1) is 22.9 Å². The van der Waals surface area contributed by atoms with E-state index in [1.165, 1.54) is 24.3 Å². The fraction of sp³-hybridized carbons (Fsp3) is 0.0769. The molecule has 2 aromatic rings. The minimum absolute atomic E-state index is 0.00696. The maximum absolute atomic E-state index is 10.5. The number of aliphatic hydroxyl groups excluding tert-OH is 1. The van der Waals surface area contributed by atoms with E-state index in [2.05, 4.69) is 10.2 Å². The lowest BCUT2D eigenvalue weighted by molar-refractivity contribution is -0.384. The lowest BCUT2D eigenvalue weighted by Gasteiger charge is -2.02. The average Bonchev–Trinajstić information content (AvgIpc) is 2.46. The van der Waals surface area contributed by atoms with Crippen LogP contribution < -0.4 is 5.73 Å². The Morgan fingerprint density at radius 2 is 1.85 bits per heavy atom. The molecule has 7 heteroatoms. The van der Waals surface area contributed by atoms with Crippen molar-refractivity contribution in [3.8, 4) is 0 Å². The topological polar surface area (TPSA) is 114 Å². The van der Waals surface area contributed by atoms with E-state index in [0.29, 0.717) is 22.6 Å². The fourth-order valence-corrected chi connectivity index (χ4v) is 1.58. The number of nitrogens with zero attached hydrogens (tertiary/aromatic N) is 3. The van der Waals surface area contributed by atoms with E-state index in [1.54, 1.807) is 18.2 Å². The van der Waals surface area contributed by atoms with Gasteiger partial charge < -0.3 is 10.8 Å². The Labute approximate surface area is 114 Å². The molecular formula is C13H12N4O3. The van der Waals surface area contributed by atoms with E-state index >= 15 is 0 Å². The van der Waals surface area contributed by atoms with Crippen LogP contribution in [-0.4, -0.2) is 10.0 Å². The molecule has 102 valence electrons. The molecule has 0 amide bonds. The van der Waals surface area contributed by atoms with Gasteiger partial charge in [-0.2, -0.15) is 10.2 Å². The van der Waals surface area contributed by atoms with E-state index in [0.717, 1.165) is 0 Å². The first-order chi connectivity index (χ1) is 9.60. The first-order valence-corrected chi connectivity index (χ1v) is 5.75. The highest BCUT2D eigenvalue weighted by atomic mass is 16.6. The highest BCUT2D eigenvalue weighted by Gasteiger charge is 2.04. The predicted octanol–water partition coefficient (Wildman–Crippen LogP) is 3.08. The van der Waals surface area contributed by atoms with Crippen LogP contribution in [0.4, 0.5) is 22.7 Å². The van der Waals surface area contributed by atoms with Gasteiger partial charge in [0.1, 0.15) is 0 Å². The normalized spacial score (nSPS) is 10.8. The van der Waals surface area contributed by atoms with Crippen molar-refractivity contribution < 1.29 is 10.0 Å². The molecular weight excluding hydrogens is 260 g/mol. The number of nitrogens with two attached hydrogens (primary N) is 1. The highest BCUT2D eigenvalue weighted by Crippen LogP contribution is 2.25. The Morgan fingerprint density at radius 3 is 2.45 bits per heavy atom. The SMILES string of the molecule is Nc1ccc(N=Nc2ccc([N+](=O)[O-])cc2)c(CO)c1. The summed E-state index contributed by atoms with van der Waals surface area (Å²) in [6.07, 6.45) is 0. The molecule has 7 nitrogen and oxygen atoms in total. The maximum Gasteiger partial charge on any atom is 0.269 e. The number of aliphatic hydroxyl groups is 1. The van der Waals surface area contributed by atoms with Gasteiger partial charge in [-0.15, -0.1) is 0 Å². The molecule has 0 aliphatic carbocycles. The van der Waals surface area contributed by atoms with Crippen molar-refractivity contribution in [2.75, 3.05) is 5.73 Å². The molecule has 0 atom stereocenters. The van der Waals surface area contributed by atoms with Crippen molar-refractivity contribution in [3.63, 3.8) is 0 Å². The Morgan fingerprint density at radius 1 is 1.15 bits per heavy atom. The molecule has 2 rings (SSSR count). The van der Waals surface area contributed by atoms with Gasteiger partial charge in [0, 0.05) is 23.4 Å². The molecule has 0 saturated carbocycles. The summed E-state index contributed by atoms with van der Waals surface area (Å²) in [7, 11) is 0. The highest BCUT2D eigenvalue weighted by molar-refractivity contribution is 5.54. The van der Waals surface area contributed by atoms with Crippen LogP contribution in [0.1, 0.15) is 5.56 Å². The molecule has 0 bridgehead atoms. The molecule has 0 aliphatic heterocycles. The first kappa shape index (κ1) is 13.6. The molecule has 0 fully saturated rings. The van der Waals surface area contributed by atoms with Crippen molar-refractivity contribution in [3.05, 3.63) is 58.1 Å². The quantitative estimate of drug-likeness (QED) is 0.385. The summed E-state index contributed by atoms with van der Waals surface area (Å²) < 4.78 is 0. The van der Waals surface area contributed by atoms with Gasteiger partial charge in [0.25, 0.3) is 5.69 Å². The number of nitro groups is 1. The minimum atomic E-state index is -0.481. The summed E-state index contributed by atoms with van der Waals surface area (Å²) in [6, 6.07) is 10.6. The predicted molar refractivity (Wildman–Crippen MR) is 74.0 cm³/mol. The van der Waals surface area contributed by atoms with Crippen LogP contribution in [0, 0.1) is 10.1 Å². The van der Waals surface area contributed by atoms with Gasteiger partial charge in [-0.1, -0.05) is 0 Å². The van der Waals surface area contributed by atoms with Crippen LogP contribution in [0.3, 0.4) is 0 Å². The third kappa shape index (κ3) is 3.15. The lowest BCUT2D eigenvalue weighted by Crippen LogP contribution is -1.89. The summed E-state index contributed by atoms with van der Waals surface area (Å²) in [5.41, 5.74) is 7.68. The molecule has 3 N–H and O–H groups in total. The molecule has 2 aromatic carbocycles. The molecule has 0 aromatic heterocycles. The zero-order chi connectivity index (χ0) is 14.5. The van der Waals surface area contributed by atoms with E-state index in [4.69, 9.17) is 5.73 Å². The smallest absolute Gasteiger partial charge is 0.269 e. The van der Waals surface area contributed by atoms with E-state index < -0.39 is 4.92 Å². The second-order valence-corrected chi connectivity index (χ2v) is 4.02. The van der Waals surface area contributed by atoms with Crippen LogP contribution in [0.25, 0.3) is 0 Å². The monoisotopic (exact) mass is 272 g/mol. The summed E-state index contributed by atoms with van der Waals surface area (Å²) >= 11 is 0. The summed E-state index contributed by atoms with van der Waals surface area (Å²) in [5.74, 6) is 0. The third-order valence-electron chi connectivity index (χ3n) is 2.61. The second-order valence-electron chi connectivity index (χ2n) is 4.02. The van der Waals surface area contributed by atoms with Crippen LogP contribution in [0.2, 0.25) is 0 Å².